The van der Waals surface area contributed by atoms with Crippen LogP contribution in [0.3, 0.4) is 0 Å². The Labute approximate surface area is 83.9 Å². The van der Waals surface area contributed by atoms with Crippen LogP contribution in [0.2, 0.25) is 0 Å². The van der Waals surface area contributed by atoms with Gasteiger partial charge in [-0.1, -0.05) is 4.21 Å². The second kappa shape index (κ2) is 2.90. The fourth-order valence-corrected chi connectivity index (χ4v) is 4.42. The van der Waals surface area contributed by atoms with Crippen molar-refractivity contribution < 1.29 is 8.76 Å². The zero-order valence-electron chi connectivity index (χ0n) is 7.40. The van der Waals surface area contributed by atoms with Gasteiger partial charge in [0.25, 0.3) is 0 Å². The Morgan fingerprint density at radius 1 is 1.77 bits per heavy atom. The highest BCUT2D eigenvalue weighted by Crippen LogP contribution is 2.26. The van der Waals surface area contributed by atoms with Crippen LogP contribution in [0.1, 0.15) is 6.92 Å². The van der Waals surface area contributed by atoms with Crippen molar-refractivity contribution in [2.75, 3.05) is 18.1 Å². The number of rotatable bonds is 1. The third kappa shape index (κ3) is 1.47. The van der Waals surface area contributed by atoms with E-state index >= 15 is 0 Å². The molecule has 3 atom stereocenters. The molecule has 1 unspecified atom stereocenters. The van der Waals surface area contributed by atoms with Gasteiger partial charge in [0.05, 0.1) is 0 Å². The molecule has 0 amide bonds. The van der Waals surface area contributed by atoms with Crippen LogP contribution in [0, 0.1) is 0 Å². The van der Waals surface area contributed by atoms with E-state index in [9.17, 15) is 8.76 Å². The summed E-state index contributed by atoms with van der Waals surface area (Å²) in [6, 6.07) is 0.222. The molecule has 0 saturated carbocycles. The number of thiocarbonyl (C=S) groups is 1. The number of hydrogen-bond acceptors (Lipinski definition) is 2. The fraction of sp³-hybridized carbons (Fsp3) is 0.857. The van der Waals surface area contributed by atoms with Crippen molar-refractivity contribution in [1.29, 1.82) is 0 Å². The zero-order valence-corrected chi connectivity index (χ0v) is 9.03. The second-order valence-electron chi connectivity index (χ2n) is 3.52. The molecule has 2 saturated heterocycles. The smallest absolute Gasteiger partial charge is 0.218 e. The summed E-state index contributed by atoms with van der Waals surface area (Å²) in [5.74, 6) is 0.701. The third-order valence-electron chi connectivity index (χ3n) is 2.65. The van der Waals surface area contributed by atoms with Crippen LogP contribution < -0.4 is 5.32 Å². The van der Waals surface area contributed by atoms with E-state index in [2.05, 4.69) is 5.32 Å². The van der Waals surface area contributed by atoms with Crippen LogP contribution in [0.15, 0.2) is 0 Å². The van der Waals surface area contributed by atoms with Gasteiger partial charge >= 0.3 is 0 Å². The SMILES string of the molecule is CCN1C(=S)N[C@@H]2C[S+](=O)(O)C[C@H]21. The van der Waals surface area contributed by atoms with E-state index in [1.54, 1.807) is 0 Å². The molecule has 0 aromatic rings. The fourth-order valence-electron chi connectivity index (χ4n) is 2.06. The van der Waals surface area contributed by atoms with Crippen LogP contribution in [0.5, 0.6) is 0 Å². The van der Waals surface area contributed by atoms with Gasteiger partial charge in [0.2, 0.25) is 10.2 Å². The Balaban J connectivity index is 2.19. The molecular weight excluding hydrogens is 208 g/mol. The van der Waals surface area contributed by atoms with E-state index in [4.69, 9.17) is 12.2 Å². The molecule has 6 heteroatoms. The first-order chi connectivity index (χ1) is 6.03. The highest BCUT2D eigenvalue weighted by molar-refractivity contribution is 7.98. The minimum atomic E-state index is -2.59. The maximum atomic E-state index is 11.4. The molecule has 0 aromatic carbocycles. The Kier molecular flexibility index (Phi) is 2.08. The molecule has 2 rings (SSSR count). The molecule has 2 heterocycles. The molecule has 2 N–H and O–H groups in total. The first kappa shape index (κ1) is 9.36. The van der Waals surface area contributed by atoms with Crippen LogP contribution in [0.25, 0.3) is 0 Å². The van der Waals surface area contributed by atoms with Gasteiger partial charge in [-0.25, -0.2) is 0 Å². The number of fused-ring (bicyclic) bond motifs is 1. The lowest BCUT2D eigenvalue weighted by molar-refractivity contribution is 0.370. The summed E-state index contributed by atoms with van der Waals surface area (Å²) in [5.41, 5.74) is 0. The Morgan fingerprint density at radius 2 is 2.46 bits per heavy atom. The molecule has 0 bridgehead atoms. The van der Waals surface area contributed by atoms with Crippen LogP contribution in [0.4, 0.5) is 0 Å². The second-order valence-corrected chi connectivity index (χ2v) is 6.11. The lowest BCUT2D eigenvalue weighted by Gasteiger charge is -2.19. The number of nitrogens with zero attached hydrogens (tertiary/aromatic N) is 1. The van der Waals surface area contributed by atoms with Crippen molar-refractivity contribution in [3.63, 3.8) is 0 Å². The van der Waals surface area contributed by atoms with Gasteiger partial charge in [-0.2, -0.15) is 4.55 Å². The van der Waals surface area contributed by atoms with Gasteiger partial charge in [-0.05, 0) is 19.1 Å². The van der Waals surface area contributed by atoms with E-state index in [0.717, 1.165) is 11.7 Å². The summed E-state index contributed by atoms with van der Waals surface area (Å²) >= 11 is 5.11. The Hall–Kier alpha value is -0.200. The van der Waals surface area contributed by atoms with Crippen molar-refractivity contribution in [2.24, 2.45) is 0 Å². The largest absolute Gasteiger partial charge is 0.353 e. The molecular formula is C7H13N2O2S2+. The summed E-state index contributed by atoms with van der Waals surface area (Å²) < 4.78 is 20.8. The van der Waals surface area contributed by atoms with E-state index in [0.29, 0.717) is 11.5 Å². The molecule has 0 aromatic heterocycles. The summed E-state index contributed by atoms with van der Waals surface area (Å²) in [7, 11) is -2.59. The standard InChI is InChI=1S/C7H12N2O2S2/c1-2-9-6-4-13(10,11)3-5(6)8-7(9)12/h5-6H,2-4H2,1H3,(H-,8,10,11,12)/p+1/t5-,6-/m1/s1. The first-order valence-electron chi connectivity index (χ1n) is 4.32. The minimum absolute atomic E-state index is 0.0879. The molecule has 13 heavy (non-hydrogen) atoms. The van der Waals surface area contributed by atoms with E-state index in [1.165, 1.54) is 0 Å². The number of nitrogens with one attached hydrogen (secondary N) is 1. The van der Waals surface area contributed by atoms with Gasteiger partial charge < -0.3 is 10.2 Å². The lowest BCUT2D eigenvalue weighted by atomic mass is 10.2. The molecule has 2 aliphatic heterocycles. The lowest BCUT2D eigenvalue weighted by Crippen LogP contribution is -2.37. The highest BCUT2D eigenvalue weighted by atomic mass is 32.3. The van der Waals surface area contributed by atoms with Crippen molar-refractivity contribution in [3.05, 3.63) is 0 Å². The van der Waals surface area contributed by atoms with Crippen LogP contribution >= 0.6 is 12.2 Å². The van der Waals surface area contributed by atoms with Crippen molar-refractivity contribution in [3.8, 4) is 0 Å². The maximum absolute atomic E-state index is 11.4. The summed E-state index contributed by atoms with van der Waals surface area (Å²) in [6.45, 7) is 2.82. The molecule has 74 valence electrons. The van der Waals surface area contributed by atoms with Gasteiger partial charge in [-0.15, -0.1) is 0 Å². The molecule has 2 aliphatic rings. The Morgan fingerprint density at radius 3 is 3.08 bits per heavy atom. The van der Waals surface area contributed by atoms with Crippen molar-refractivity contribution in [2.45, 2.75) is 19.0 Å². The molecule has 2 fully saturated rings. The predicted molar refractivity (Wildman–Crippen MR) is 56.1 cm³/mol. The highest BCUT2D eigenvalue weighted by Gasteiger charge is 2.53. The van der Waals surface area contributed by atoms with E-state index in [1.807, 2.05) is 11.8 Å². The summed E-state index contributed by atoms with van der Waals surface area (Å²) in [6.07, 6.45) is 0. The van der Waals surface area contributed by atoms with E-state index < -0.39 is 10.2 Å². The zero-order chi connectivity index (χ0) is 9.64. The average Bonchev–Trinajstić information content (AvgIpc) is 2.39. The summed E-state index contributed by atoms with van der Waals surface area (Å²) in [5, 5.41) is 3.82. The van der Waals surface area contributed by atoms with Crippen LogP contribution in [-0.2, 0) is 14.4 Å². The normalized spacial score (nSPS) is 43.5. The third-order valence-corrected chi connectivity index (χ3v) is 4.74. The predicted octanol–water partition coefficient (Wildman–Crippen LogP) is -0.0803. The van der Waals surface area contributed by atoms with Gasteiger partial charge in [-0.3, -0.25) is 0 Å². The van der Waals surface area contributed by atoms with Crippen molar-refractivity contribution >= 4 is 27.5 Å². The van der Waals surface area contributed by atoms with Gasteiger partial charge in [0.15, 0.2) is 16.6 Å². The van der Waals surface area contributed by atoms with Gasteiger partial charge in [0, 0.05) is 6.54 Å². The van der Waals surface area contributed by atoms with Gasteiger partial charge in [0.1, 0.15) is 12.1 Å². The first-order valence-corrected chi connectivity index (χ1v) is 6.59. The minimum Gasteiger partial charge on any atom is -0.353 e. The topological polar surface area (TPSA) is 52.6 Å². The average molecular weight is 221 g/mol. The van der Waals surface area contributed by atoms with E-state index in [-0.39, 0.29) is 12.1 Å². The maximum Gasteiger partial charge on any atom is 0.218 e. The molecule has 0 aliphatic carbocycles. The quantitative estimate of drug-likeness (QED) is 0.479. The van der Waals surface area contributed by atoms with Crippen LogP contribution in [-0.4, -0.2) is 44.7 Å². The molecule has 4 nitrogen and oxygen atoms in total. The monoisotopic (exact) mass is 221 g/mol. The number of likely N-dealkylation sites (N-methyl/N-ethyl adjacent to an activating group) is 1. The number of hydrogen-bond donors (Lipinski definition) is 2. The summed E-state index contributed by atoms with van der Waals surface area (Å²) in [4.78, 5) is 2.00. The molecule has 0 spiro atoms. The Bertz CT molecular complexity index is 294. The van der Waals surface area contributed by atoms with Crippen molar-refractivity contribution in [1.82, 2.24) is 10.2 Å². The molecule has 0 radical (unpaired) electrons.